The van der Waals surface area contributed by atoms with Gasteiger partial charge in [-0.05, 0) is 49.4 Å². The molecule has 0 amide bonds. The van der Waals surface area contributed by atoms with Crippen LogP contribution in [0, 0.1) is 0 Å². The number of nitrogens with zero attached hydrogens (tertiary/aromatic N) is 2. The first-order valence-corrected chi connectivity index (χ1v) is 10.1. The summed E-state index contributed by atoms with van der Waals surface area (Å²) in [5.41, 5.74) is -0.116. The van der Waals surface area contributed by atoms with Crippen LogP contribution < -0.4 is 4.72 Å². The average molecular weight is 397 g/mol. The van der Waals surface area contributed by atoms with E-state index in [9.17, 15) is 13.5 Å². The number of benzene rings is 2. The largest absolute Gasteiger partial charge is 0.458 e. The van der Waals surface area contributed by atoms with E-state index < -0.39 is 15.6 Å². The predicted molar refractivity (Wildman–Crippen MR) is 105 cm³/mol. The Balaban J connectivity index is 1.51. The van der Waals surface area contributed by atoms with Gasteiger partial charge in [-0.1, -0.05) is 18.2 Å². The summed E-state index contributed by atoms with van der Waals surface area (Å²) in [6.07, 6.45) is 3.42. The van der Waals surface area contributed by atoms with Crippen LogP contribution in [0.3, 0.4) is 0 Å². The highest BCUT2D eigenvalue weighted by molar-refractivity contribution is 7.89. The van der Waals surface area contributed by atoms with Crippen molar-refractivity contribution >= 4 is 21.0 Å². The third-order valence-electron chi connectivity index (χ3n) is 4.48. The Morgan fingerprint density at radius 1 is 1.14 bits per heavy atom. The fourth-order valence-electron chi connectivity index (χ4n) is 2.85. The second-order valence-electron chi connectivity index (χ2n) is 6.69. The monoisotopic (exact) mass is 397 g/mol. The Bertz CT molecular complexity index is 1160. The van der Waals surface area contributed by atoms with E-state index in [0.717, 1.165) is 11.1 Å². The Kier molecular flexibility index (Phi) is 4.54. The molecule has 2 heterocycles. The summed E-state index contributed by atoms with van der Waals surface area (Å²) in [6, 6.07) is 17.2. The van der Waals surface area contributed by atoms with Gasteiger partial charge in [-0.25, -0.2) is 17.8 Å². The van der Waals surface area contributed by atoms with Crippen LogP contribution in [-0.2, 0) is 15.6 Å². The number of fused-ring (bicyclic) bond motifs is 1. The fourth-order valence-corrected chi connectivity index (χ4v) is 3.98. The molecule has 0 saturated heterocycles. The molecule has 0 aliphatic heterocycles. The van der Waals surface area contributed by atoms with Crippen LogP contribution in [0.5, 0.6) is 0 Å². The molecule has 1 atom stereocenters. The molecule has 8 heteroatoms. The third-order valence-corrected chi connectivity index (χ3v) is 5.90. The zero-order valence-electron chi connectivity index (χ0n) is 15.1. The van der Waals surface area contributed by atoms with Crippen molar-refractivity contribution < 1.29 is 17.9 Å². The predicted octanol–water partition coefficient (Wildman–Crippen LogP) is 2.80. The molecule has 28 heavy (non-hydrogen) atoms. The summed E-state index contributed by atoms with van der Waals surface area (Å²) in [6.45, 7) is 1.28. The molecule has 0 spiro atoms. The molecule has 7 nitrogen and oxygen atoms in total. The summed E-state index contributed by atoms with van der Waals surface area (Å²) in [5.74, 6) is 0.297. The molecule has 0 aliphatic carbocycles. The summed E-state index contributed by atoms with van der Waals surface area (Å²) in [4.78, 5) is 0.101. The maximum Gasteiger partial charge on any atom is 0.240 e. The van der Waals surface area contributed by atoms with Crippen molar-refractivity contribution in [2.45, 2.75) is 17.4 Å². The Labute approximate surface area is 162 Å². The van der Waals surface area contributed by atoms with E-state index >= 15 is 0 Å². The smallest absolute Gasteiger partial charge is 0.240 e. The van der Waals surface area contributed by atoms with Gasteiger partial charge < -0.3 is 9.52 Å². The molecule has 0 aliphatic rings. The fraction of sp³-hybridized carbons (Fsp3) is 0.150. The highest BCUT2D eigenvalue weighted by atomic mass is 32.2. The van der Waals surface area contributed by atoms with Gasteiger partial charge in [-0.3, -0.25) is 0 Å². The molecular weight excluding hydrogens is 378 g/mol. The number of nitrogens with one attached hydrogen (secondary N) is 1. The highest BCUT2D eigenvalue weighted by Crippen LogP contribution is 2.28. The number of hydrogen-bond acceptors (Lipinski definition) is 5. The zero-order valence-corrected chi connectivity index (χ0v) is 15.9. The maximum atomic E-state index is 12.6. The molecule has 2 aromatic heterocycles. The number of para-hydroxylation sites is 1. The minimum atomic E-state index is -3.80. The van der Waals surface area contributed by atoms with Crippen molar-refractivity contribution in [1.82, 2.24) is 14.5 Å². The quantitative estimate of drug-likeness (QED) is 0.521. The van der Waals surface area contributed by atoms with Gasteiger partial charge in [0.15, 0.2) is 0 Å². The van der Waals surface area contributed by atoms with Crippen LogP contribution in [0.1, 0.15) is 12.7 Å². The molecule has 4 rings (SSSR count). The normalized spacial score (nSPS) is 14.2. The highest BCUT2D eigenvalue weighted by Gasteiger charge is 2.30. The Hall–Kier alpha value is -2.94. The van der Waals surface area contributed by atoms with E-state index in [4.69, 9.17) is 4.42 Å². The van der Waals surface area contributed by atoms with Crippen LogP contribution in [-0.4, -0.2) is 29.8 Å². The zero-order chi connectivity index (χ0) is 19.8. The van der Waals surface area contributed by atoms with Gasteiger partial charge in [-0.15, -0.1) is 0 Å². The lowest BCUT2D eigenvalue weighted by Gasteiger charge is -2.21. The summed E-state index contributed by atoms with van der Waals surface area (Å²) in [5, 5.41) is 15.7. The van der Waals surface area contributed by atoms with E-state index in [2.05, 4.69) is 9.82 Å². The van der Waals surface area contributed by atoms with Gasteiger partial charge in [0.05, 0.1) is 10.6 Å². The number of rotatable bonds is 6. The molecule has 144 valence electrons. The average Bonchev–Trinajstić information content (AvgIpc) is 3.37. The molecule has 2 aromatic carbocycles. The number of sulfonamides is 1. The number of aromatic nitrogens is 2. The first kappa shape index (κ1) is 18.4. The van der Waals surface area contributed by atoms with Crippen LogP contribution in [0.25, 0.3) is 16.7 Å². The molecule has 0 fully saturated rings. The summed E-state index contributed by atoms with van der Waals surface area (Å²) < 4.78 is 35.0. The molecular formula is C20H19N3O4S. The topological polar surface area (TPSA) is 97.4 Å². The lowest BCUT2D eigenvalue weighted by atomic mass is 10.0. The van der Waals surface area contributed by atoms with E-state index in [1.54, 1.807) is 47.4 Å². The summed E-state index contributed by atoms with van der Waals surface area (Å²) >= 11 is 0. The SMILES string of the molecule is C[C@@](O)(CNS(=O)(=O)c1ccc(-n2cccn2)cc1)c1cc2ccccc2o1. The minimum Gasteiger partial charge on any atom is -0.458 e. The number of furan rings is 1. The molecule has 2 N–H and O–H groups in total. The van der Waals surface area contributed by atoms with Gasteiger partial charge in [-0.2, -0.15) is 5.10 Å². The van der Waals surface area contributed by atoms with Crippen molar-refractivity contribution in [3.05, 3.63) is 78.8 Å². The van der Waals surface area contributed by atoms with E-state index in [1.807, 2.05) is 18.2 Å². The lowest BCUT2D eigenvalue weighted by Crippen LogP contribution is -2.38. The third kappa shape index (κ3) is 3.57. The van der Waals surface area contributed by atoms with Crippen molar-refractivity contribution in [2.75, 3.05) is 6.54 Å². The second kappa shape index (κ2) is 6.90. The van der Waals surface area contributed by atoms with Gasteiger partial charge in [0.1, 0.15) is 16.9 Å². The van der Waals surface area contributed by atoms with Crippen molar-refractivity contribution in [2.24, 2.45) is 0 Å². The van der Waals surface area contributed by atoms with Crippen molar-refractivity contribution in [3.8, 4) is 5.69 Å². The molecule has 4 aromatic rings. The van der Waals surface area contributed by atoms with Gasteiger partial charge >= 0.3 is 0 Å². The minimum absolute atomic E-state index is 0.101. The number of aliphatic hydroxyl groups is 1. The van der Waals surface area contributed by atoms with Crippen LogP contribution in [0.2, 0.25) is 0 Å². The molecule has 0 unspecified atom stereocenters. The molecule has 0 radical (unpaired) electrons. The van der Waals surface area contributed by atoms with E-state index in [-0.39, 0.29) is 11.4 Å². The van der Waals surface area contributed by atoms with Crippen LogP contribution >= 0.6 is 0 Å². The first-order valence-electron chi connectivity index (χ1n) is 8.66. The standard InChI is InChI=1S/C20H19N3O4S/c1-20(24,19-13-15-5-2-3-6-18(15)27-19)14-22-28(25,26)17-9-7-16(8-10-17)23-12-4-11-21-23/h2-13,22,24H,14H2,1H3/t20-/m1/s1. The number of hydrogen-bond donors (Lipinski definition) is 2. The maximum absolute atomic E-state index is 12.6. The molecule has 0 saturated carbocycles. The molecule has 0 bridgehead atoms. The Morgan fingerprint density at radius 3 is 2.57 bits per heavy atom. The second-order valence-corrected chi connectivity index (χ2v) is 8.46. The lowest BCUT2D eigenvalue weighted by molar-refractivity contribution is 0.0412. The van der Waals surface area contributed by atoms with E-state index in [1.165, 1.54) is 19.1 Å². The first-order chi connectivity index (χ1) is 13.4. The Morgan fingerprint density at radius 2 is 1.89 bits per heavy atom. The van der Waals surface area contributed by atoms with Gasteiger partial charge in [0, 0.05) is 24.3 Å². The summed E-state index contributed by atoms with van der Waals surface area (Å²) in [7, 11) is -3.80. The van der Waals surface area contributed by atoms with E-state index in [0.29, 0.717) is 11.3 Å². The van der Waals surface area contributed by atoms with Crippen molar-refractivity contribution in [3.63, 3.8) is 0 Å². The van der Waals surface area contributed by atoms with Crippen LogP contribution in [0.4, 0.5) is 0 Å². The van der Waals surface area contributed by atoms with Crippen molar-refractivity contribution in [1.29, 1.82) is 0 Å². The van der Waals surface area contributed by atoms with Crippen LogP contribution in [0.15, 0.2) is 82.4 Å². The van der Waals surface area contributed by atoms with Gasteiger partial charge in [0.2, 0.25) is 10.0 Å². The van der Waals surface area contributed by atoms with Gasteiger partial charge in [0.25, 0.3) is 0 Å².